The molecule has 3 N–H and O–H groups in total. The zero-order valence-corrected chi connectivity index (χ0v) is 12.7. The molecule has 0 bridgehead atoms. The Morgan fingerprint density at radius 3 is 2.95 bits per heavy atom. The van der Waals surface area contributed by atoms with Crippen LogP contribution in [-0.2, 0) is 0 Å². The van der Waals surface area contributed by atoms with Crippen LogP contribution in [0.2, 0.25) is 5.02 Å². The maximum absolute atomic E-state index is 12.7. The first kappa shape index (κ1) is 15.1. The molecule has 2 rings (SSSR count). The smallest absolute Gasteiger partial charge is 0.274 e. The Bertz CT molecular complexity index is 494. The lowest BCUT2D eigenvalue weighted by Gasteiger charge is -2.37. The van der Waals surface area contributed by atoms with E-state index in [1.54, 1.807) is 12.1 Å². The molecule has 0 saturated carbocycles. The average Bonchev–Trinajstić information content (AvgIpc) is 2.47. The van der Waals surface area contributed by atoms with Crippen molar-refractivity contribution >= 4 is 23.3 Å². The van der Waals surface area contributed by atoms with Gasteiger partial charge in [0, 0.05) is 12.6 Å². The molecular weight excluding hydrogens is 276 g/mol. The summed E-state index contributed by atoms with van der Waals surface area (Å²) in [5.74, 6) is 6.22. The Kier molecular flexibility index (Phi) is 4.83. The van der Waals surface area contributed by atoms with E-state index in [0.717, 1.165) is 19.4 Å². The molecule has 2 unspecified atom stereocenters. The summed E-state index contributed by atoms with van der Waals surface area (Å²) in [7, 11) is 0. The Morgan fingerprint density at radius 1 is 1.55 bits per heavy atom. The molecule has 5 nitrogen and oxygen atoms in total. The van der Waals surface area contributed by atoms with Gasteiger partial charge in [0.25, 0.3) is 5.91 Å². The quantitative estimate of drug-likeness (QED) is 0.664. The standard InChI is InChI=1S/C14H21ClN4O/c1-3-10-5-4-9(2)19(8-10)14(20)13-11(15)6-7-12(17-13)18-16/h6-7,9-10H,3-5,8,16H2,1-2H3,(H,17,18). The number of pyridine rings is 1. The van der Waals surface area contributed by atoms with Crippen LogP contribution in [0, 0.1) is 5.92 Å². The fourth-order valence-electron chi connectivity index (χ4n) is 2.61. The summed E-state index contributed by atoms with van der Waals surface area (Å²) in [5.41, 5.74) is 2.71. The molecule has 1 aliphatic heterocycles. The monoisotopic (exact) mass is 296 g/mol. The third-order valence-corrected chi connectivity index (χ3v) is 4.32. The van der Waals surface area contributed by atoms with Gasteiger partial charge in [-0.05, 0) is 37.8 Å². The number of carbonyl (C=O) groups excluding carboxylic acids is 1. The number of amides is 1. The number of nitrogens with two attached hydrogens (primary N) is 1. The van der Waals surface area contributed by atoms with Gasteiger partial charge in [-0.2, -0.15) is 0 Å². The molecule has 1 aromatic rings. The lowest BCUT2D eigenvalue weighted by molar-refractivity contribution is 0.0551. The number of halogens is 1. The second kappa shape index (κ2) is 6.41. The largest absolute Gasteiger partial charge is 0.334 e. The zero-order valence-electron chi connectivity index (χ0n) is 11.9. The molecule has 1 fully saturated rings. The first-order chi connectivity index (χ1) is 9.56. The van der Waals surface area contributed by atoms with Crippen molar-refractivity contribution in [2.45, 2.75) is 39.2 Å². The van der Waals surface area contributed by atoms with E-state index in [-0.39, 0.29) is 17.6 Å². The zero-order chi connectivity index (χ0) is 14.7. The van der Waals surface area contributed by atoms with E-state index in [1.165, 1.54) is 6.42 Å². The number of hydrogen-bond acceptors (Lipinski definition) is 4. The van der Waals surface area contributed by atoms with Crippen molar-refractivity contribution in [2.24, 2.45) is 11.8 Å². The van der Waals surface area contributed by atoms with E-state index in [2.05, 4.69) is 24.3 Å². The lowest BCUT2D eigenvalue weighted by atomic mass is 9.91. The summed E-state index contributed by atoms with van der Waals surface area (Å²) in [6.45, 7) is 5.00. The van der Waals surface area contributed by atoms with Crippen molar-refractivity contribution in [2.75, 3.05) is 12.0 Å². The Balaban J connectivity index is 2.25. The highest BCUT2D eigenvalue weighted by Gasteiger charge is 2.30. The summed E-state index contributed by atoms with van der Waals surface area (Å²) in [6.07, 6.45) is 3.28. The number of carbonyl (C=O) groups is 1. The van der Waals surface area contributed by atoms with Crippen LogP contribution in [0.4, 0.5) is 5.82 Å². The fourth-order valence-corrected chi connectivity index (χ4v) is 2.79. The van der Waals surface area contributed by atoms with Gasteiger partial charge in [-0.1, -0.05) is 24.9 Å². The van der Waals surface area contributed by atoms with Crippen LogP contribution < -0.4 is 11.3 Å². The summed E-state index contributed by atoms with van der Waals surface area (Å²) in [4.78, 5) is 18.7. The van der Waals surface area contributed by atoms with Gasteiger partial charge in [-0.3, -0.25) is 4.79 Å². The number of nitrogens with one attached hydrogen (secondary N) is 1. The maximum atomic E-state index is 12.7. The van der Waals surface area contributed by atoms with Gasteiger partial charge in [0.2, 0.25) is 0 Å². The number of aromatic nitrogens is 1. The highest BCUT2D eigenvalue weighted by molar-refractivity contribution is 6.33. The van der Waals surface area contributed by atoms with Gasteiger partial charge in [0.15, 0.2) is 0 Å². The number of nitrogen functional groups attached to an aromatic ring is 1. The first-order valence-electron chi connectivity index (χ1n) is 7.01. The number of likely N-dealkylation sites (tertiary alicyclic amines) is 1. The van der Waals surface area contributed by atoms with Crippen LogP contribution in [0.3, 0.4) is 0 Å². The number of hydrazine groups is 1. The third kappa shape index (κ3) is 3.04. The minimum atomic E-state index is -0.113. The molecule has 110 valence electrons. The first-order valence-corrected chi connectivity index (χ1v) is 7.38. The van der Waals surface area contributed by atoms with Crippen LogP contribution in [0.1, 0.15) is 43.6 Å². The molecule has 1 amide bonds. The van der Waals surface area contributed by atoms with Gasteiger partial charge < -0.3 is 10.3 Å². The summed E-state index contributed by atoms with van der Waals surface area (Å²) in [5, 5.41) is 0.361. The van der Waals surface area contributed by atoms with Crippen LogP contribution in [0.15, 0.2) is 12.1 Å². The van der Waals surface area contributed by atoms with E-state index in [9.17, 15) is 4.79 Å². The van der Waals surface area contributed by atoms with Crippen molar-refractivity contribution in [3.05, 3.63) is 22.8 Å². The topological polar surface area (TPSA) is 71.2 Å². The van der Waals surface area contributed by atoms with E-state index in [0.29, 0.717) is 16.8 Å². The van der Waals surface area contributed by atoms with Gasteiger partial charge in [-0.15, -0.1) is 0 Å². The van der Waals surface area contributed by atoms with Crippen molar-refractivity contribution < 1.29 is 4.79 Å². The maximum Gasteiger partial charge on any atom is 0.274 e. The molecule has 1 aromatic heterocycles. The molecule has 1 aliphatic rings. The SMILES string of the molecule is CCC1CCC(C)N(C(=O)c2nc(NN)ccc2Cl)C1. The second-order valence-electron chi connectivity index (χ2n) is 5.33. The van der Waals surface area contributed by atoms with Crippen LogP contribution in [0.25, 0.3) is 0 Å². The molecule has 0 aliphatic carbocycles. The molecule has 2 atom stereocenters. The number of hydrogen-bond donors (Lipinski definition) is 2. The summed E-state index contributed by atoms with van der Waals surface area (Å²) >= 11 is 6.11. The van der Waals surface area contributed by atoms with E-state index >= 15 is 0 Å². The predicted molar refractivity (Wildman–Crippen MR) is 80.6 cm³/mol. The molecule has 6 heteroatoms. The van der Waals surface area contributed by atoms with E-state index in [4.69, 9.17) is 17.4 Å². The third-order valence-electron chi connectivity index (χ3n) is 4.01. The van der Waals surface area contributed by atoms with Crippen molar-refractivity contribution in [1.29, 1.82) is 0 Å². The van der Waals surface area contributed by atoms with Crippen molar-refractivity contribution in [3.63, 3.8) is 0 Å². The molecule has 2 heterocycles. The highest BCUT2D eigenvalue weighted by atomic mass is 35.5. The average molecular weight is 297 g/mol. The van der Waals surface area contributed by atoms with Crippen LogP contribution in [0.5, 0.6) is 0 Å². The number of anilines is 1. The van der Waals surface area contributed by atoms with Gasteiger partial charge in [-0.25, -0.2) is 10.8 Å². The van der Waals surface area contributed by atoms with Gasteiger partial charge in [0.05, 0.1) is 5.02 Å². The highest BCUT2D eigenvalue weighted by Crippen LogP contribution is 2.27. The summed E-state index contributed by atoms with van der Waals surface area (Å²) < 4.78 is 0. The Labute approximate surface area is 124 Å². The van der Waals surface area contributed by atoms with Crippen LogP contribution >= 0.6 is 11.6 Å². The van der Waals surface area contributed by atoms with E-state index in [1.807, 2.05) is 4.90 Å². The second-order valence-corrected chi connectivity index (χ2v) is 5.74. The minimum Gasteiger partial charge on any atom is -0.334 e. The normalized spacial score (nSPS) is 22.7. The number of rotatable bonds is 3. The molecular formula is C14H21ClN4O. The Hall–Kier alpha value is -1.33. The van der Waals surface area contributed by atoms with Gasteiger partial charge in [0.1, 0.15) is 11.5 Å². The minimum absolute atomic E-state index is 0.113. The predicted octanol–water partition coefficient (Wildman–Crippen LogP) is 2.67. The number of piperidine rings is 1. The summed E-state index contributed by atoms with van der Waals surface area (Å²) in [6, 6.07) is 3.51. The number of nitrogens with zero attached hydrogens (tertiary/aromatic N) is 2. The van der Waals surface area contributed by atoms with Crippen LogP contribution in [-0.4, -0.2) is 28.4 Å². The Morgan fingerprint density at radius 2 is 2.30 bits per heavy atom. The molecule has 0 spiro atoms. The molecule has 0 aromatic carbocycles. The van der Waals surface area contributed by atoms with E-state index < -0.39 is 0 Å². The molecule has 1 saturated heterocycles. The molecule has 0 radical (unpaired) electrons. The van der Waals surface area contributed by atoms with Gasteiger partial charge >= 0.3 is 0 Å². The lowest BCUT2D eigenvalue weighted by Crippen LogP contribution is -2.45. The fraction of sp³-hybridized carbons (Fsp3) is 0.571. The van der Waals surface area contributed by atoms with Crippen molar-refractivity contribution in [3.8, 4) is 0 Å². The van der Waals surface area contributed by atoms with Crippen molar-refractivity contribution in [1.82, 2.24) is 9.88 Å². The molecule has 20 heavy (non-hydrogen) atoms.